The van der Waals surface area contributed by atoms with Crippen molar-refractivity contribution in [1.29, 1.82) is 0 Å². The van der Waals surface area contributed by atoms with Crippen molar-refractivity contribution in [3.05, 3.63) is 71.5 Å². The Labute approximate surface area is 190 Å². The number of aryl methyl sites for hydroxylation is 2. The third-order valence-electron chi connectivity index (χ3n) is 4.85. The third kappa shape index (κ3) is 7.08. The normalized spacial score (nSPS) is 11.2. The summed E-state index contributed by atoms with van der Waals surface area (Å²) in [6.07, 6.45) is 1.02. The minimum atomic E-state index is -0.0528. The Morgan fingerprint density at radius 3 is 2.09 bits per heavy atom. The predicted octanol–water partition coefficient (Wildman–Crippen LogP) is 5.98. The molecule has 0 fully saturated rings. The second kappa shape index (κ2) is 10.3. The summed E-state index contributed by atoms with van der Waals surface area (Å²) in [5.74, 6) is 1.38. The number of amides is 1. The van der Waals surface area contributed by atoms with Crippen molar-refractivity contribution in [1.82, 2.24) is 9.97 Å². The molecule has 0 saturated carbocycles. The summed E-state index contributed by atoms with van der Waals surface area (Å²) in [7, 11) is 0. The molecule has 3 aromatic rings. The highest BCUT2D eigenvalue weighted by Crippen LogP contribution is 2.24. The van der Waals surface area contributed by atoms with Crippen LogP contribution >= 0.6 is 0 Å². The Bertz CT molecular complexity index is 1020. The molecule has 1 aromatic heterocycles. The summed E-state index contributed by atoms with van der Waals surface area (Å²) >= 11 is 0. The lowest BCUT2D eigenvalue weighted by atomic mass is 9.87. The highest BCUT2D eigenvalue weighted by atomic mass is 16.5. The van der Waals surface area contributed by atoms with Crippen molar-refractivity contribution in [2.45, 2.75) is 52.9 Å². The molecule has 1 N–H and O–H groups in total. The van der Waals surface area contributed by atoms with Gasteiger partial charge in [-0.1, -0.05) is 32.9 Å². The van der Waals surface area contributed by atoms with Crippen LogP contribution in [-0.2, 0) is 10.2 Å². The lowest BCUT2D eigenvalue weighted by Gasteiger charge is -2.19. The lowest BCUT2D eigenvalue weighted by molar-refractivity contribution is -0.116. The first-order valence-corrected chi connectivity index (χ1v) is 10.8. The summed E-state index contributed by atoms with van der Waals surface area (Å²) in [6, 6.07) is 17.5. The van der Waals surface area contributed by atoms with Gasteiger partial charge in [-0.2, -0.15) is 0 Å². The van der Waals surface area contributed by atoms with Gasteiger partial charge in [-0.25, -0.2) is 9.97 Å². The maximum Gasteiger partial charge on any atom is 0.322 e. The van der Waals surface area contributed by atoms with Crippen LogP contribution in [0.3, 0.4) is 0 Å². The van der Waals surface area contributed by atoms with Gasteiger partial charge in [-0.05, 0) is 73.7 Å². The number of hydrogen-bond acceptors (Lipinski definition) is 5. The highest BCUT2D eigenvalue weighted by molar-refractivity contribution is 5.90. The molecular weight excluding hydrogens is 402 g/mol. The van der Waals surface area contributed by atoms with Crippen LogP contribution < -0.4 is 14.8 Å². The van der Waals surface area contributed by atoms with Crippen LogP contribution in [0.1, 0.15) is 50.6 Å². The zero-order valence-corrected chi connectivity index (χ0v) is 19.4. The molecule has 1 heterocycles. The fraction of sp³-hybridized carbons (Fsp3) is 0.346. The largest absolute Gasteiger partial charge is 0.494 e. The smallest absolute Gasteiger partial charge is 0.322 e. The average Bonchev–Trinajstić information content (AvgIpc) is 2.72. The molecule has 0 aliphatic heterocycles. The Morgan fingerprint density at radius 2 is 1.50 bits per heavy atom. The summed E-state index contributed by atoms with van der Waals surface area (Å²) in [4.78, 5) is 20.7. The molecule has 0 atom stereocenters. The number of nitrogens with one attached hydrogen (secondary N) is 1. The second-order valence-corrected chi connectivity index (χ2v) is 8.83. The minimum Gasteiger partial charge on any atom is -0.494 e. The van der Waals surface area contributed by atoms with E-state index in [1.54, 1.807) is 24.3 Å². The van der Waals surface area contributed by atoms with E-state index in [1.165, 1.54) is 5.56 Å². The van der Waals surface area contributed by atoms with E-state index in [-0.39, 0.29) is 11.3 Å². The summed E-state index contributed by atoms with van der Waals surface area (Å²) < 4.78 is 11.5. The van der Waals surface area contributed by atoms with Crippen LogP contribution in [0.25, 0.3) is 0 Å². The number of rotatable bonds is 8. The molecule has 1 amide bonds. The van der Waals surface area contributed by atoms with Crippen LogP contribution in [-0.4, -0.2) is 22.5 Å². The fourth-order valence-electron chi connectivity index (χ4n) is 3.15. The summed E-state index contributed by atoms with van der Waals surface area (Å²) in [5.41, 5.74) is 3.79. The van der Waals surface area contributed by atoms with Crippen LogP contribution in [0.4, 0.5) is 5.69 Å². The molecular formula is C26H31N3O3. The number of carbonyl (C=O) groups excluding carboxylic acids is 1. The summed E-state index contributed by atoms with van der Waals surface area (Å²) in [5, 5.41) is 2.89. The molecule has 32 heavy (non-hydrogen) atoms. The van der Waals surface area contributed by atoms with Crippen molar-refractivity contribution < 1.29 is 14.3 Å². The standard InChI is InChI=1S/C26H31N3O3/c1-18-17-19(2)28-25(27-18)32-23-14-10-21(11-15-23)29-24(30)7-6-16-31-22-12-8-20(9-13-22)26(3,4)5/h8-15,17H,6-7,16H2,1-5H3,(H,29,30). The van der Waals surface area contributed by atoms with E-state index >= 15 is 0 Å². The molecule has 0 bridgehead atoms. The molecule has 6 nitrogen and oxygen atoms in total. The number of carbonyl (C=O) groups is 1. The fourth-order valence-corrected chi connectivity index (χ4v) is 3.15. The Kier molecular flexibility index (Phi) is 7.46. The average molecular weight is 434 g/mol. The van der Waals surface area contributed by atoms with Crippen molar-refractivity contribution in [2.24, 2.45) is 0 Å². The maximum atomic E-state index is 12.2. The molecule has 3 rings (SSSR count). The predicted molar refractivity (Wildman–Crippen MR) is 127 cm³/mol. The molecule has 0 spiro atoms. The van der Waals surface area contributed by atoms with Gasteiger partial charge in [0.05, 0.1) is 6.61 Å². The molecule has 6 heteroatoms. The van der Waals surface area contributed by atoms with E-state index in [2.05, 4.69) is 48.2 Å². The highest BCUT2D eigenvalue weighted by Gasteiger charge is 2.13. The number of hydrogen-bond donors (Lipinski definition) is 1. The van der Waals surface area contributed by atoms with Gasteiger partial charge in [0.1, 0.15) is 11.5 Å². The number of ether oxygens (including phenoxy) is 2. The van der Waals surface area contributed by atoms with Crippen LogP contribution in [0.2, 0.25) is 0 Å². The van der Waals surface area contributed by atoms with Gasteiger partial charge in [0.2, 0.25) is 5.91 Å². The monoisotopic (exact) mass is 433 g/mol. The first kappa shape index (κ1) is 23.3. The number of benzene rings is 2. The molecule has 168 valence electrons. The zero-order valence-electron chi connectivity index (χ0n) is 19.4. The van der Waals surface area contributed by atoms with Gasteiger partial charge in [0.15, 0.2) is 0 Å². The van der Waals surface area contributed by atoms with Gasteiger partial charge in [0, 0.05) is 23.5 Å². The van der Waals surface area contributed by atoms with E-state index < -0.39 is 0 Å². The molecule has 0 saturated heterocycles. The van der Waals surface area contributed by atoms with E-state index in [0.29, 0.717) is 36.9 Å². The number of aromatic nitrogens is 2. The number of nitrogens with zero attached hydrogens (tertiary/aromatic N) is 2. The maximum absolute atomic E-state index is 12.2. The lowest BCUT2D eigenvalue weighted by Crippen LogP contribution is -2.13. The van der Waals surface area contributed by atoms with Gasteiger partial charge in [0.25, 0.3) is 0 Å². The van der Waals surface area contributed by atoms with Crippen molar-refractivity contribution in [3.63, 3.8) is 0 Å². The minimum absolute atomic E-state index is 0.0528. The van der Waals surface area contributed by atoms with Crippen molar-refractivity contribution >= 4 is 11.6 Å². The second-order valence-electron chi connectivity index (χ2n) is 8.83. The van der Waals surface area contributed by atoms with E-state index in [1.807, 2.05) is 32.0 Å². The molecule has 0 radical (unpaired) electrons. The van der Waals surface area contributed by atoms with Crippen molar-refractivity contribution in [3.8, 4) is 17.5 Å². The van der Waals surface area contributed by atoms with Gasteiger partial charge in [-0.3, -0.25) is 4.79 Å². The Hall–Kier alpha value is -3.41. The van der Waals surface area contributed by atoms with E-state index in [0.717, 1.165) is 17.1 Å². The first-order valence-electron chi connectivity index (χ1n) is 10.8. The van der Waals surface area contributed by atoms with E-state index in [4.69, 9.17) is 9.47 Å². The molecule has 0 aliphatic rings. The topological polar surface area (TPSA) is 73.3 Å². The number of anilines is 1. The summed E-state index contributed by atoms with van der Waals surface area (Å²) in [6.45, 7) is 10.8. The Morgan fingerprint density at radius 1 is 0.906 bits per heavy atom. The van der Waals surface area contributed by atoms with Crippen LogP contribution in [0, 0.1) is 13.8 Å². The molecule has 0 unspecified atom stereocenters. The zero-order chi connectivity index (χ0) is 23.1. The van der Waals surface area contributed by atoms with Gasteiger partial charge < -0.3 is 14.8 Å². The molecule has 2 aromatic carbocycles. The SMILES string of the molecule is Cc1cc(C)nc(Oc2ccc(NC(=O)CCCOc3ccc(C(C)(C)C)cc3)cc2)n1. The molecule has 0 aliphatic carbocycles. The van der Waals surface area contributed by atoms with Gasteiger partial charge >= 0.3 is 6.01 Å². The first-order chi connectivity index (χ1) is 15.2. The van der Waals surface area contributed by atoms with Crippen LogP contribution in [0.5, 0.6) is 17.5 Å². The quantitative estimate of drug-likeness (QED) is 0.442. The Balaban J connectivity index is 1.41. The van der Waals surface area contributed by atoms with Gasteiger partial charge in [-0.15, -0.1) is 0 Å². The van der Waals surface area contributed by atoms with Crippen molar-refractivity contribution in [2.75, 3.05) is 11.9 Å². The third-order valence-corrected chi connectivity index (χ3v) is 4.85. The van der Waals surface area contributed by atoms with Crippen LogP contribution in [0.15, 0.2) is 54.6 Å². The van der Waals surface area contributed by atoms with E-state index in [9.17, 15) is 4.79 Å².